The predicted octanol–water partition coefficient (Wildman–Crippen LogP) is 4.09. The van der Waals surface area contributed by atoms with Gasteiger partial charge in [-0.3, -0.25) is 4.79 Å². The van der Waals surface area contributed by atoms with E-state index in [0.29, 0.717) is 22.9 Å². The first-order valence-electron chi connectivity index (χ1n) is 7.09. The fraction of sp³-hybridized carbons (Fsp3) is 0.111. The number of ether oxygens (including phenoxy) is 1. The van der Waals surface area contributed by atoms with Crippen LogP contribution in [0.5, 0.6) is 5.75 Å². The van der Waals surface area contributed by atoms with E-state index < -0.39 is 5.97 Å². The van der Waals surface area contributed by atoms with E-state index in [0.717, 1.165) is 16.6 Å². The summed E-state index contributed by atoms with van der Waals surface area (Å²) < 4.78 is 5.69. The lowest BCUT2D eigenvalue weighted by molar-refractivity contribution is -0.136. The number of carbonyl (C=O) groups is 1. The van der Waals surface area contributed by atoms with Crippen molar-refractivity contribution in [1.82, 2.24) is 4.98 Å². The molecule has 0 aliphatic rings. The maximum atomic E-state index is 10.7. The zero-order valence-corrected chi connectivity index (χ0v) is 13.0. The number of hydrogen-bond donors (Lipinski definition) is 1. The van der Waals surface area contributed by atoms with Crippen molar-refractivity contribution in [2.75, 3.05) is 0 Å². The number of para-hydroxylation sites is 1. The van der Waals surface area contributed by atoms with Gasteiger partial charge >= 0.3 is 5.97 Å². The molecule has 0 aliphatic carbocycles. The van der Waals surface area contributed by atoms with Crippen molar-refractivity contribution in [1.29, 1.82) is 0 Å². The molecule has 23 heavy (non-hydrogen) atoms. The highest BCUT2D eigenvalue weighted by Gasteiger charge is 2.07. The van der Waals surface area contributed by atoms with Crippen LogP contribution in [-0.4, -0.2) is 16.1 Å². The van der Waals surface area contributed by atoms with Crippen LogP contribution >= 0.6 is 11.6 Å². The molecule has 0 saturated heterocycles. The molecule has 1 N–H and O–H groups in total. The van der Waals surface area contributed by atoms with Crippen LogP contribution in [0.15, 0.2) is 54.6 Å². The number of carboxylic acids is 1. The molecule has 0 fully saturated rings. The molecular weight excluding hydrogens is 314 g/mol. The highest BCUT2D eigenvalue weighted by atomic mass is 35.5. The highest BCUT2D eigenvalue weighted by Crippen LogP contribution is 2.26. The number of halogens is 1. The molecule has 0 spiro atoms. The molecule has 0 unspecified atom stereocenters. The molecule has 5 heteroatoms. The lowest BCUT2D eigenvalue weighted by atomic mass is 10.1. The van der Waals surface area contributed by atoms with Crippen molar-refractivity contribution in [3.8, 4) is 5.75 Å². The monoisotopic (exact) mass is 327 g/mol. The summed E-state index contributed by atoms with van der Waals surface area (Å²) >= 11 is 6.14. The van der Waals surface area contributed by atoms with Crippen LogP contribution in [0.3, 0.4) is 0 Å². The number of aliphatic carboxylic acids is 1. The molecule has 0 bridgehead atoms. The molecule has 4 nitrogen and oxygen atoms in total. The predicted molar refractivity (Wildman–Crippen MR) is 88.9 cm³/mol. The SMILES string of the molecule is O=C(O)Cc1ccc(OCc2ccc3ccccc3n2)c(Cl)c1. The topological polar surface area (TPSA) is 59.4 Å². The zero-order valence-electron chi connectivity index (χ0n) is 12.2. The Hall–Kier alpha value is -2.59. The van der Waals surface area contributed by atoms with Crippen LogP contribution in [0.25, 0.3) is 10.9 Å². The van der Waals surface area contributed by atoms with Crippen molar-refractivity contribution in [3.05, 3.63) is 70.9 Å². The summed E-state index contributed by atoms with van der Waals surface area (Å²) in [5.74, 6) is -0.383. The van der Waals surface area contributed by atoms with E-state index in [4.69, 9.17) is 21.4 Å². The Morgan fingerprint density at radius 2 is 1.96 bits per heavy atom. The summed E-state index contributed by atoms with van der Waals surface area (Å²) in [4.78, 5) is 15.2. The summed E-state index contributed by atoms with van der Waals surface area (Å²) in [6, 6.07) is 16.8. The molecule has 0 saturated carbocycles. The van der Waals surface area contributed by atoms with Gasteiger partial charge in [0.05, 0.1) is 22.7 Å². The average Bonchev–Trinajstić information content (AvgIpc) is 2.53. The Morgan fingerprint density at radius 1 is 1.13 bits per heavy atom. The van der Waals surface area contributed by atoms with Crippen LogP contribution in [0.2, 0.25) is 5.02 Å². The molecule has 0 radical (unpaired) electrons. The summed E-state index contributed by atoms with van der Waals surface area (Å²) in [5, 5.41) is 10.3. The van der Waals surface area contributed by atoms with Gasteiger partial charge in [-0.1, -0.05) is 41.9 Å². The first-order valence-corrected chi connectivity index (χ1v) is 7.47. The minimum Gasteiger partial charge on any atom is -0.486 e. The molecule has 3 rings (SSSR count). The second kappa shape index (κ2) is 6.67. The van der Waals surface area contributed by atoms with Crippen LogP contribution in [0.1, 0.15) is 11.3 Å². The van der Waals surface area contributed by atoms with E-state index in [9.17, 15) is 4.79 Å². The van der Waals surface area contributed by atoms with Crippen LogP contribution in [0, 0.1) is 0 Å². The minimum atomic E-state index is -0.893. The van der Waals surface area contributed by atoms with Gasteiger partial charge in [-0.2, -0.15) is 0 Å². The van der Waals surface area contributed by atoms with Crippen LogP contribution < -0.4 is 4.74 Å². The van der Waals surface area contributed by atoms with Gasteiger partial charge in [-0.25, -0.2) is 4.98 Å². The molecule has 0 amide bonds. The standard InChI is InChI=1S/C18H14ClNO3/c19-15-9-12(10-18(21)22)5-8-17(15)23-11-14-7-6-13-3-1-2-4-16(13)20-14/h1-9H,10-11H2,(H,21,22). The molecule has 0 aliphatic heterocycles. The molecule has 116 valence electrons. The third-order valence-electron chi connectivity index (χ3n) is 3.38. The van der Waals surface area contributed by atoms with Gasteiger partial charge in [0.2, 0.25) is 0 Å². The summed E-state index contributed by atoms with van der Waals surface area (Å²) in [6.45, 7) is 0.294. The Morgan fingerprint density at radius 3 is 2.74 bits per heavy atom. The maximum absolute atomic E-state index is 10.7. The van der Waals surface area contributed by atoms with Gasteiger partial charge in [-0.15, -0.1) is 0 Å². The van der Waals surface area contributed by atoms with Gasteiger partial charge in [0.1, 0.15) is 12.4 Å². The number of aromatic nitrogens is 1. The maximum Gasteiger partial charge on any atom is 0.307 e. The highest BCUT2D eigenvalue weighted by molar-refractivity contribution is 6.32. The lowest BCUT2D eigenvalue weighted by Gasteiger charge is -2.09. The Kier molecular flexibility index (Phi) is 4.44. The minimum absolute atomic E-state index is 0.0633. The number of hydrogen-bond acceptors (Lipinski definition) is 3. The molecule has 1 heterocycles. The Labute approximate surface area is 138 Å². The number of rotatable bonds is 5. The van der Waals surface area contributed by atoms with Gasteiger partial charge in [0.25, 0.3) is 0 Å². The summed E-state index contributed by atoms with van der Waals surface area (Å²) in [7, 11) is 0. The van der Waals surface area contributed by atoms with Crippen LogP contribution in [0.4, 0.5) is 0 Å². The normalized spacial score (nSPS) is 10.7. The molecule has 3 aromatic rings. The largest absolute Gasteiger partial charge is 0.486 e. The van der Waals surface area contributed by atoms with Crippen molar-refractivity contribution in [2.45, 2.75) is 13.0 Å². The second-order valence-electron chi connectivity index (χ2n) is 5.12. The first kappa shape index (κ1) is 15.3. The zero-order chi connectivity index (χ0) is 16.2. The third-order valence-corrected chi connectivity index (χ3v) is 3.68. The van der Waals surface area contributed by atoms with Crippen LogP contribution in [-0.2, 0) is 17.8 Å². The Bertz CT molecular complexity index is 864. The number of pyridine rings is 1. The molecular formula is C18H14ClNO3. The molecule has 2 aromatic carbocycles. The van der Waals surface area contributed by atoms with Crippen molar-refractivity contribution < 1.29 is 14.6 Å². The average molecular weight is 328 g/mol. The van der Waals surface area contributed by atoms with Gasteiger partial charge in [0, 0.05) is 5.39 Å². The van der Waals surface area contributed by atoms with E-state index in [1.807, 2.05) is 36.4 Å². The van der Waals surface area contributed by atoms with Gasteiger partial charge in [-0.05, 0) is 29.8 Å². The van der Waals surface area contributed by atoms with Crippen molar-refractivity contribution >= 4 is 28.5 Å². The summed E-state index contributed by atoms with van der Waals surface area (Å²) in [5.41, 5.74) is 2.35. The van der Waals surface area contributed by atoms with Gasteiger partial charge in [0.15, 0.2) is 0 Å². The fourth-order valence-corrected chi connectivity index (χ4v) is 2.54. The fourth-order valence-electron chi connectivity index (χ4n) is 2.29. The molecule has 0 atom stereocenters. The lowest BCUT2D eigenvalue weighted by Crippen LogP contribution is -2.01. The second-order valence-corrected chi connectivity index (χ2v) is 5.53. The smallest absolute Gasteiger partial charge is 0.307 e. The summed E-state index contributed by atoms with van der Waals surface area (Å²) in [6.07, 6.45) is -0.0633. The first-order chi connectivity index (χ1) is 11.1. The van der Waals surface area contributed by atoms with E-state index in [2.05, 4.69) is 4.98 Å². The quantitative estimate of drug-likeness (QED) is 0.766. The van der Waals surface area contributed by atoms with E-state index in [-0.39, 0.29) is 6.42 Å². The number of carboxylic acid groups (broad SMARTS) is 1. The number of fused-ring (bicyclic) bond motifs is 1. The third kappa shape index (κ3) is 3.79. The van der Waals surface area contributed by atoms with E-state index in [1.165, 1.54) is 0 Å². The van der Waals surface area contributed by atoms with E-state index >= 15 is 0 Å². The molecule has 1 aromatic heterocycles. The van der Waals surface area contributed by atoms with Gasteiger partial charge < -0.3 is 9.84 Å². The van der Waals surface area contributed by atoms with Crippen molar-refractivity contribution in [2.24, 2.45) is 0 Å². The number of nitrogens with zero attached hydrogens (tertiary/aromatic N) is 1. The number of benzene rings is 2. The van der Waals surface area contributed by atoms with E-state index in [1.54, 1.807) is 18.2 Å². The Balaban J connectivity index is 1.72. The van der Waals surface area contributed by atoms with Crippen molar-refractivity contribution in [3.63, 3.8) is 0 Å².